The summed E-state index contributed by atoms with van der Waals surface area (Å²) in [6.07, 6.45) is -3.02. The molecule has 0 unspecified atom stereocenters. The molecule has 0 bridgehead atoms. The lowest BCUT2D eigenvalue weighted by atomic mass is 10.1. The quantitative estimate of drug-likeness (QED) is 0.695. The first kappa shape index (κ1) is 17.0. The highest BCUT2D eigenvalue weighted by Crippen LogP contribution is 2.40. The fraction of sp³-hybridized carbons (Fsp3) is 0.125. The first-order chi connectivity index (χ1) is 11.9. The minimum absolute atomic E-state index is 0.0107. The normalized spacial score (nSPS) is 11.4. The molecule has 0 atom stereocenters. The molecule has 0 aliphatic carbocycles. The maximum absolute atomic E-state index is 13.3. The van der Waals surface area contributed by atoms with E-state index in [9.17, 15) is 18.0 Å². The van der Waals surface area contributed by atoms with E-state index >= 15 is 0 Å². The molecule has 3 rings (SSSR count). The number of carbonyl (C=O) groups excluding carboxylic acids is 1. The van der Waals surface area contributed by atoms with Gasteiger partial charge in [0.1, 0.15) is 17.1 Å². The highest BCUT2D eigenvalue weighted by atomic mass is 32.1. The van der Waals surface area contributed by atoms with Gasteiger partial charge < -0.3 is 15.4 Å². The van der Waals surface area contributed by atoms with Crippen molar-refractivity contribution in [1.29, 1.82) is 0 Å². The number of amides is 2. The first-order valence-corrected chi connectivity index (χ1v) is 7.86. The molecule has 2 amide bonds. The maximum Gasteiger partial charge on any atom is 0.420 e. The lowest BCUT2D eigenvalue weighted by Crippen LogP contribution is -2.24. The minimum atomic E-state index is -4.64. The number of ether oxygens (including phenoxy) is 1. The van der Waals surface area contributed by atoms with Gasteiger partial charge in [-0.2, -0.15) is 17.5 Å². The Balaban J connectivity index is 1.95. The van der Waals surface area contributed by atoms with Crippen LogP contribution in [0.3, 0.4) is 0 Å². The molecule has 25 heavy (non-hydrogen) atoms. The number of benzene rings is 2. The van der Waals surface area contributed by atoms with Gasteiger partial charge in [-0.3, -0.25) is 0 Å². The molecular formula is C16H12F3N3O2S. The largest absolute Gasteiger partial charge is 0.457 e. The van der Waals surface area contributed by atoms with E-state index in [0.29, 0.717) is 0 Å². The van der Waals surface area contributed by atoms with Crippen molar-refractivity contribution in [3.05, 3.63) is 48.2 Å². The van der Waals surface area contributed by atoms with Gasteiger partial charge in [-0.1, -0.05) is 0 Å². The molecule has 130 valence electrons. The Morgan fingerprint density at radius 2 is 2.00 bits per heavy atom. The molecule has 0 fully saturated rings. The summed E-state index contributed by atoms with van der Waals surface area (Å²) in [6, 6.07) is 7.66. The van der Waals surface area contributed by atoms with E-state index in [1.165, 1.54) is 30.7 Å². The molecule has 3 aromatic rings. The summed E-state index contributed by atoms with van der Waals surface area (Å²) in [5.41, 5.74) is -0.971. The molecule has 9 heteroatoms. The van der Waals surface area contributed by atoms with Crippen LogP contribution in [-0.2, 0) is 6.18 Å². The Kier molecular flexibility index (Phi) is 4.49. The van der Waals surface area contributed by atoms with E-state index in [0.717, 1.165) is 16.2 Å². The SMILES string of the molecule is CNC(=O)Nc1ccc(Oc2ccc3sncc3c2)c(C(F)(F)F)c1. The van der Waals surface area contributed by atoms with Crippen molar-refractivity contribution in [3.63, 3.8) is 0 Å². The maximum atomic E-state index is 13.3. The number of nitrogens with zero attached hydrogens (tertiary/aromatic N) is 1. The third-order valence-electron chi connectivity index (χ3n) is 3.32. The average Bonchev–Trinajstić information content (AvgIpc) is 3.03. The van der Waals surface area contributed by atoms with Crippen molar-refractivity contribution in [2.45, 2.75) is 6.18 Å². The molecule has 2 aromatic carbocycles. The molecule has 0 saturated heterocycles. The van der Waals surface area contributed by atoms with Gasteiger partial charge in [0.25, 0.3) is 0 Å². The van der Waals surface area contributed by atoms with Gasteiger partial charge >= 0.3 is 12.2 Å². The predicted octanol–water partition coefficient (Wildman–Crippen LogP) is 4.86. The van der Waals surface area contributed by atoms with Crippen LogP contribution in [0.1, 0.15) is 5.56 Å². The summed E-state index contributed by atoms with van der Waals surface area (Å²) in [6.45, 7) is 0. The zero-order valence-corrected chi connectivity index (χ0v) is 13.7. The summed E-state index contributed by atoms with van der Waals surface area (Å²) in [5, 5.41) is 5.36. The van der Waals surface area contributed by atoms with Crippen LogP contribution in [0.15, 0.2) is 42.6 Å². The van der Waals surface area contributed by atoms with Crippen LogP contribution in [-0.4, -0.2) is 17.5 Å². The number of hydrogen-bond acceptors (Lipinski definition) is 4. The number of carbonyl (C=O) groups is 1. The number of alkyl halides is 3. The number of fused-ring (bicyclic) bond motifs is 1. The first-order valence-electron chi connectivity index (χ1n) is 7.09. The van der Waals surface area contributed by atoms with E-state index in [1.54, 1.807) is 24.4 Å². The third kappa shape index (κ3) is 3.82. The minimum Gasteiger partial charge on any atom is -0.457 e. The van der Waals surface area contributed by atoms with E-state index in [4.69, 9.17) is 4.74 Å². The molecule has 0 aliphatic rings. The van der Waals surface area contributed by atoms with Crippen LogP contribution < -0.4 is 15.4 Å². The van der Waals surface area contributed by atoms with E-state index in [1.807, 2.05) is 0 Å². The standard InChI is InChI=1S/C16H12F3N3O2S/c1-20-15(23)22-10-2-4-13(12(7-10)16(17,18)19)24-11-3-5-14-9(6-11)8-21-25-14/h2-8H,1H3,(H2,20,22,23). The Labute approximate surface area is 144 Å². The number of halogens is 3. The predicted molar refractivity (Wildman–Crippen MR) is 89.2 cm³/mol. The van der Waals surface area contributed by atoms with Gasteiger partial charge in [0.15, 0.2) is 0 Å². The zero-order chi connectivity index (χ0) is 18.0. The Morgan fingerprint density at radius 1 is 1.20 bits per heavy atom. The summed E-state index contributed by atoms with van der Waals surface area (Å²) in [7, 11) is 1.37. The summed E-state index contributed by atoms with van der Waals surface area (Å²) >= 11 is 1.29. The van der Waals surface area contributed by atoms with Crippen LogP contribution in [0, 0.1) is 0 Å². The van der Waals surface area contributed by atoms with Crippen LogP contribution in [0.2, 0.25) is 0 Å². The number of hydrogen-bond donors (Lipinski definition) is 2. The van der Waals surface area contributed by atoms with Gasteiger partial charge in [0, 0.05) is 24.3 Å². The number of nitrogens with one attached hydrogen (secondary N) is 2. The van der Waals surface area contributed by atoms with Crippen LogP contribution in [0.5, 0.6) is 11.5 Å². The van der Waals surface area contributed by atoms with Crippen molar-refractivity contribution < 1.29 is 22.7 Å². The lowest BCUT2D eigenvalue weighted by Gasteiger charge is -2.15. The smallest absolute Gasteiger partial charge is 0.420 e. The van der Waals surface area contributed by atoms with E-state index in [-0.39, 0.29) is 17.2 Å². The highest BCUT2D eigenvalue weighted by molar-refractivity contribution is 7.13. The van der Waals surface area contributed by atoms with Crippen molar-refractivity contribution >= 4 is 33.3 Å². The fourth-order valence-corrected chi connectivity index (χ4v) is 2.78. The summed E-state index contributed by atoms with van der Waals surface area (Å²) < 4.78 is 50.4. The molecule has 1 heterocycles. The van der Waals surface area contributed by atoms with Crippen molar-refractivity contribution in [2.75, 3.05) is 12.4 Å². The molecular weight excluding hydrogens is 355 g/mol. The Bertz CT molecular complexity index is 924. The van der Waals surface area contributed by atoms with Gasteiger partial charge in [-0.25, -0.2) is 4.79 Å². The molecule has 0 saturated carbocycles. The molecule has 5 nitrogen and oxygen atoms in total. The monoisotopic (exact) mass is 367 g/mol. The second-order valence-electron chi connectivity index (χ2n) is 5.04. The number of aromatic nitrogens is 1. The van der Waals surface area contributed by atoms with Crippen molar-refractivity contribution in [1.82, 2.24) is 9.69 Å². The average molecular weight is 367 g/mol. The highest BCUT2D eigenvalue weighted by Gasteiger charge is 2.35. The van der Waals surface area contributed by atoms with Gasteiger partial charge in [-0.15, -0.1) is 0 Å². The summed E-state index contributed by atoms with van der Waals surface area (Å²) in [4.78, 5) is 11.3. The molecule has 0 aliphatic heterocycles. The third-order valence-corrected chi connectivity index (χ3v) is 4.10. The molecule has 0 radical (unpaired) electrons. The summed E-state index contributed by atoms with van der Waals surface area (Å²) in [5.74, 6) is -0.0808. The fourth-order valence-electron chi connectivity index (χ4n) is 2.15. The van der Waals surface area contributed by atoms with Crippen LogP contribution in [0.4, 0.5) is 23.7 Å². The van der Waals surface area contributed by atoms with Gasteiger partial charge in [0.05, 0.1) is 4.70 Å². The molecule has 2 N–H and O–H groups in total. The lowest BCUT2D eigenvalue weighted by molar-refractivity contribution is -0.138. The van der Waals surface area contributed by atoms with E-state index in [2.05, 4.69) is 15.0 Å². The molecule has 0 spiro atoms. The number of anilines is 1. The second-order valence-corrected chi connectivity index (χ2v) is 5.87. The second kappa shape index (κ2) is 6.60. The Hall–Kier alpha value is -2.81. The van der Waals surface area contributed by atoms with E-state index < -0.39 is 17.8 Å². The number of rotatable bonds is 3. The molecule has 1 aromatic heterocycles. The van der Waals surface area contributed by atoms with Gasteiger partial charge in [0.2, 0.25) is 0 Å². The van der Waals surface area contributed by atoms with Crippen molar-refractivity contribution in [2.24, 2.45) is 0 Å². The topological polar surface area (TPSA) is 63.2 Å². The van der Waals surface area contributed by atoms with Crippen LogP contribution in [0.25, 0.3) is 10.1 Å². The number of urea groups is 1. The zero-order valence-electron chi connectivity index (χ0n) is 12.8. The Morgan fingerprint density at radius 3 is 2.72 bits per heavy atom. The van der Waals surface area contributed by atoms with Crippen molar-refractivity contribution in [3.8, 4) is 11.5 Å². The van der Waals surface area contributed by atoms with Gasteiger partial charge in [-0.05, 0) is 47.9 Å². The van der Waals surface area contributed by atoms with Crippen LogP contribution >= 0.6 is 11.5 Å².